The van der Waals surface area contributed by atoms with E-state index in [4.69, 9.17) is 9.47 Å². The van der Waals surface area contributed by atoms with Gasteiger partial charge in [0.25, 0.3) is 5.91 Å². The molecule has 2 unspecified atom stereocenters. The average molecular weight is 346 g/mol. The van der Waals surface area contributed by atoms with Gasteiger partial charge in [-0.25, -0.2) is 0 Å². The molecule has 1 aromatic rings. The van der Waals surface area contributed by atoms with Crippen LogP contribution >= 0.6 is 0 Å². The number of nitrogens with zero attached hydrogens (tertiary/aromatic N) is 1. The van der Waals surface area contributed by atoms with Gasteiger partial charge in [-0.3, -0.25) is 9.59 Å². The Bertz CT molecular complexity index is 648. The standard InChI is InChI=1S/C19H26N2O4/c1-14-6-3-4-7-16(14)18(23)21-9-5-8-19(13-21)10-15(11-25-19)24-12-17(22)20-2/h3-4,6-7,15H,5,8-13H2,1-2H3,(H,20,22). The van der Waals surface area contributed by atoms with Gasteiger partial charge in [0.05, 0.1) is 24.9 Å². The lowest BCUT2D eigenvalue weighted by Gasteiger charge is -2.39. The van der Waals surface area contributed by atoms with Gasteiger partial charge < -0.3 is 19.7 Å². The van der Waals surface area contributed by atoms with Crippen LogP contribution in [0, 0.1) is 6.92 Å². The number of hydrogen-bond acceptors (Lipinski definition) is 4. The van der Waals surface area contributed by atoms with Crippen molar-refractivity contribution in [2.75, 3.05) is 33.4 Å². The van der Waals surface area contributed by atoms with Gasteiger partial charge in [-0.15, -0.1) is 0 Å². The topological polar surface area (TPSA) is 67.9 Å². The molecule has 2 atom stereocenters. The van der Waals surface area contributed by atoms with Crippen molar-refractivity contribution in [2.45, 2.75) is 37.9 Å². The van der Waals surface area contributed by atoms with E-state index < -0.39 is 0 Å². The van der Waals surface area contributed by atoms with Gasteiger partial charge in [-0.1, -0.05) is 18.2 Å². The number of likely N-dealkylation sites (tertiary alicyclic amines) is 1. The molecule has 2 heterocycles. The fourth-order valence-electron chi connectivity index (χ4n) is 3.71. The molecule has 1 spiro atoms. The number of piperidine rings is 1. The summed E-state index contributed by atoms with van der Waals surface area (Å²) in [5.41, 5.74) is 1.40. The first-order valence-corrected chi connectivity index (χ1v) is 8.84. The summed E-state index contributed by atoms with van der Waals surface area (Å²) in [6.45, 7) is 3.82. The third-order valence-corrected chi connectivity index (χ3v) is 5.11. The Morgan fingerprint density at radius 2 is 2.20 bits per heavy atom. The van der Waals surface area contributed by atoms with E-state index in [0.717, 1.165) is 36.9 Å². The molecule has 25 heavy (non-hydrogen) atoms. The zero-order valence-electron chi connectivity index (χ0n) is 14.9. The molecule has 1 N–H and O–H groups in total. The molecule has 2 aliphatic rings. The first-order chi connectivity index (χ1) is 12.0. The number of carbonyl (C=O) groups excluding carboxylic acids is 2. The largest absolute Gasteiger partial charge is 0.370 e. The normalized spacial score (nSPS) is 26.0. The SMILES string of the molecule is CNC(=O)COC1COC2(CCCN(C(=O)c3ccccc3C)C2)C1. The van der Waals surface area contributed by atoms with Crippen LogP contribution in [0.5, 0.6) is 0 Å². The van der Waals surface area contributed by atoms with Crippen molar-refractivity contribution in [3.63, 3.8) is 0 Å². The molecular formula is C19H26N2O4. The number of nitrogens with one attached hydrogen (secondary N) is 1. The number of likely N-dealkylation sites (N-methyl/N-ethyl adjacent to an activating group) is 1. The van der Waals surface area contributed by atoms with E-state index in [9.17, 15) is 9.59 Å². The molecule has 6 nitrogen and oxygen atoms in total. The maximum absolute atomic E-state index is 12.9. The Morgan fingerprint density at radius 3 is 2.96 bits per heavy atom. The fourth-order valence-corrected chi connectivity index (χ4v) is 3.71. The lowest BCUT2D eigenvalue weighted by atomic mass is 9.88. The lowest BCUT2D eigenvalue weighted by molar-refractivity contribution is -0.127. The second kappa shape index (κ2) is 7.54. The summed E-state index contributed by atoms with van der Waals surface area (Å²) in [5, 5.41) is 2.55. The Hall–Kier alpha value is -1.92. The second-order valence-electron chi connectivity index (χ2n) is 6.95. The Kier molecular flexibility index (Phi) is 5.39. The molecule has 2 amide bonds. The summed E-state index contributed by atoms with van der Waals surface area (Å²) >= 11 is 0. The zero-order chi connectivity index (χ0) is 17.9. The van der Waals surface area contributed by atoms with Crippen LogP contribution in [-0.4, -0.2) is 61.8 Å². The number of ether oxygens (including phenoxy) is 2. The highest BCUT2D eigenvalue weighted by molar-refractivity contribution is 5.95. The van der Waals surface area contributed by atoms with Crippen LogP contribution in [0.25, 0.3) is 0 Å². The number of rotatable bonds is 4. The minimum absolute atomic E-state index is 0.0481. The maximum Gasteiger partial charge on any atom is 0.254 e. The van der Waals surface area contributed by atoms with Crippen molar-refractivity contribution in [3.8, 4) is 0 Å². The van der Waals surface area contributed by atoms with Crippen molar-refractivity contribution < 1.29 is 19.1 Å². The predicted molar refractivity (Wildman–Crippen MR) is 93.4 cm³/mol. The summed E-state index contributed by atoms with van der Waals surface area (Å²) in [7, 11) is 1.59. The highest BCUT2D eigenvalue weighted by Gasteiger charge is 2.45. The summed E-state index contributed by atoms with van der Waals surface area (Å²) in [6, 6.07) is 7.68. The van der Waals surface area contributed by atoms with Crippen LogP contribution in [0.15, 0.2) is 24.3 Å². The van der Waals surface area contributed by atoms with Crippen LogP contribution in [-0.2, 0) is 14.3 Å². The van der Waals surface area contributed by atoms with Gasteiger partial charge in [-0.2, -0.15) is 0 Å². The van der Waals surface area contributed by atoms with Gasteiger partial charge in [0.1, 0.15) is 6.61 Å². The lowest BCUT2D eigenvalue weighted by Crippen LogP contribution is -2.50. The molecule has 0 aliphatic carbocycles. The monoisotopic (exact) mass is 346 g/mol. The summed E-state index contributed by atoms with van der Waals surface area (Å²) < 4.78 is 11.7. The summed E-state index contributed by atoms with van der Waals surface area (Å²) in [5.74, 6) is -0.0727. The molecular weight excluding hydrogens is 320 g/mol. The van der Waals surface area contributed by atoms with E-state index >= 15 is 0 Å². The van der Waals surface area contributed by atoms with E-state index in [0.29, 0.717) is 13.2 Å². The molecule has 2 fully saturated rings. The molecule has 3 rings (SSSR count). The van der Waals surface area contributed by atoms with E-state index in [-0.39, 0.29) is 30.1 Å². The van der Waals surface area contributed by atoms with Crippen LogP contribution in [0.2, 0.25) is 0 Å². The highest BCUT2D eigenvalue weighted by Crippen LogP contribution is 2.36. The third kappa shape index (κ3) is 4.02. The Balaban J connectivity index is 1.62. The van der Waals surface area contributed by atoms with E-state index in [1.165, 1.54) is 0 Å². The number of carbonyl (C=O) groups is 2. The Labute approximate surface area is 148 Å². The predicted octanol–water partition coefficient (Wildman–Crippen LogP) is 1.52. The molecule has 0 radical (unpaired) electrons. The fraction of sp³-hybridized carbons (Fsp3) is 0.579. The van der Waals surface area contributed by atoms with E-state index in [1.807, 2.05) is 36.1 Å². The van der Waals surface area contributed by atoms with Crippen molar-refractivity contribution in [2.24, 2.45) is 0 Å². The highest BCUT2D eigenvalue weighted by atomic mass is 16.6. The number of amides is 2. The molecule has 136 valence electrons. The second-order valence-corrected chi connectivity index (χ2v) is 6.95. The van der Waals surface area contributed by atoms with Crippen LogP contribution < -0.4 is 5.32 Å². The van der Waals surface area contributed by atoms with Crippen molar-refractivity contribution in [1.29, 1.82) is 0 Å². The van der Waals surface area contributed by atoms with Gasteiger partial charge >= 0.3 is 0 Å². The minimum atomic E-state index is -0.343. The first-order valence-electron chi connectivity index (χ1n) is 8.84. The molecule has 2 aliphatic heterocycles. The van der Waals surface area contributed by atoms with Gasteiger partial charge in [0, 0.05) is 25.6 Å². The molecule has 1 aromatic carbocycles. The Morgan fingerprint density at radius 1 is 1.40 bits per heavy atom. The van der Waals surface area contributed by atoms with Crippen LogP contribution in [0.4, 0.5) is 0 Å². The quantitative estimate of drug-likeness (QED) is 0.898. The average Bonchev–Trinajstić information content (AvgIpc) is 3.01. The third-order valence-electron chi connectivity index (χ3n) is 5.11. The molecule has 0 aromatic heterocycles. The zero-order valence-corrected chi connectivity index (χ0v) is 14.9. The maximum atomic E-state index is 12.9. The smallest absolute Gasteiger partial charge is 0.254 e. The number of benzene rings is 1. The summed E-state index contributed by atoms with van der Waals surface area (Å²) in [6.07, 6.45) is 2.47. The number of hydrogen-bond donors (Lipinski definition) is 1. The van der Waals surface area contributed by atoms with Crippen molar-refractivity contribution in [1.82, 2.24) is 10.2 Å². The van der Waals surface area contributed by atoms with E-state index in [1.54, 1.807) is 7.05 Å². The van der Waals surface area contributed by atoms with Crippen molar-refractivity contribution in [3.05, 3.63) is 35.4 Å². The molecule has 6 heteroatoms. The summed E-state index contributed by atoms with van der Waals surface area (Å²) in [4.78, 5) is 26.1. The molecule has 0 bridgehead atoms. The van der Waals surface area contributed by atoms with Crippen LogP contribution in [0.1, 0.15) is 35.2 Å². The van der Waals surface area contributed by atoms with Crippen molar-refractivity contribution >= 4 is 11.8 Å². The number of aryl methyl sites for hydroxylation is 1. The minimum Gasteiger partial charge on any atom is -0.370 e. The van der Waals surface area contributed by atoms with Gasteiger partial charge in [-0.05, 0) is 31.4 Å². The van der Waals surface area contributed by atoms with Gasteiger partial charge in [0.2, 0.25) is 5.91 Å². The first kappa shape index (κ1) is 17.9. The van der Waals surface area contributed by atoms with Crippen LogP contribution in [0.3, 0.4) is 0 Å². The van der Waals surface area contributed by atoms with E-state index in [2.05, 4.69) is 5.32 Å². The molecule has 0 saturated carbocycles. The van der Waals surface area contributed by atoms with Gasteiger partial charge in [0.15, 0.2) is 0 Å². The molecule has 2 saturated heterocycles.